The third kappa shape index (κ3) is 2.98. The molecular formula is C17H25ClO. The molecule has 19 heavy (non-hydrogen) atoms. The second kappa shape index (κ2) is 6.28. The van der Waals surface area contributed by atoms with Crippen LogP contribution >= 0.6 is 11.6 Å². The first-order chi connectivity index (χ1) is 9.15. The van der Waals surface area contributed by atoms with Crippen LogP contribution in [0.5, 0.6) is 0 Å². The molecule has 0 aliphatic heterocycles. The third-order valence-electron chi connectivity index (χ3n) is 4.61. The molecule has 2 rings (SSSR count). The molecule has 2 heteroatoms. The van der Waals surface area contributed by atoms with E-state index in [9.17, 15) is 5.11 Å². The zero-order valence-electron chi connectivity index (χ0n) is 12.0. The fraction of sp³-hybridized carbons (Fsp3) is 0.647. The summed E-state index contributed by atoms with van der Waals surface area (Å²) in [6.07, 6.45) is 6.53. The average Bonchev–Trinajstić information content (AvgIpc) is 3.26. The molecule has 0 amide bonds. The second-order valence-corrected chi connectivity index (χ2v) is 6.29. The van der Waals surface area contributed by atoms with E-state index >= 15 is 0 Å². The van der Waals surface area contributed by atoms with Crippen molar-refractivity contribution in [2.45, 2.75) is 63.9 Å². The molecule has 1 N–H and O–H groups in total. The maximum Gasteiger partial charge on any atom is 0.0636 e. The Balaban J connectivity index is 2.38. The van der Waals surface area contributed by atoms with Gasteiger partial charge in [0.05, 0.1) is 6.10 Å². The van der Waals surface area contributed by atoms with Gasteiger partial charge in [0.2, 0.25) is 0 Å². The van der Waals surface area contributed by atoms with Gasteiger partial charge in [-0.15, -0.1) is 0 Å². The van der Waals surface area contributed by atoms with Gasteiger partial charge in [-0.3, -0.25) is 0 Å². The molecule has 0 saturated heterocycles. The summed E-state index contributed by atoms with van der Waals surface area (Å²) in [7, 11) is 0. The molecule has 0 bridgehead atoms. The topological polar surface area (TPSA) is 20.2 Å². The lowest BCUT2D eigenvalue weighted by atomic mass is 9.67. The second-order valence-electron chi connectivity index (χ2n) is 5.85. The van der Waals surface area contributed by atoms with Crippen molar-refractivity contribution < 1.29 is 5.11 Å². The molecule has 0 aromatic heterocycles. The Labute approximate surface area is 122 Å². The van der Waals surface area contributed by atoms with Gasteiger partial charge >= 0.3 is 0 Å². The lowest BCUT2D eigenvalue weighted by molar-refractivity contribution is 0.0538. The Kier molecular flexibility index (Phi) is 4.92. The largest absolute Gasteiger partial charge is 0.392 e. The summed E-state index contributed by atoms with van der Waals surface area (Å²) >= 11 is 6.01. The molecule has 0 radical (unpaired) electrons. The van der Waals surface area contributed by atoms with Crippen LogP contribution in [0.1, 0.15) is 57.9 Å². The monoisotopic (exact) mass is 280 g/mol. The van der Waals surface area contributed by atoms with E-state index in [1.165, 1.54) is 31.2 Å². The van der Waals surface area contributed by atoms with Gasteiger partial charge in [-0.2, -0.15) is 0 Å². The van der Waals surface area contributed by atoms with Crippen molar-refractivity contribution in [3.8, 4) is 0 Å². The Morgan fingerprint density at radius 2 is 1.89 bits per heavy atom. The molecule has 1 saturated carbocycles. The van der Waals surface area contributed by atoms with Gasteiger partial charge in [-0.05, 0) is 49.3 Å². The molecule has 0 heterocycles. The molecule has 1 aliphatic rings. The van der Waals surface area contributed by atoms with Gasteiger partial charge in [0.1, 0.15) is 0 Å². The first-order valence-corrected chi connectivity index (χ1v) is 7.97. The Morgan fingerprint density at radius 3 is 2.37 bits per heavy atom. The predicted octanol–water partition coefficient (Wildman–Crippen LogP) is 4.95. The van der Waals surface area contributed by atoms with Crippen LogP contribution in [0.15, 0.2) is 24.3 Å². The lowest BCUT2D eigenvalue weighted by Crippen LogP contribution is -2.41. The van der Waals surface area contributed by atoms with E-state index in [1.807, 2.05) is 12.1 Å². The van der Waals surface area contributed by atoms with Crippen LogP contribution in [0.4, 0.5) is 0 Å². The average molecular weight is 281 g/mol. The normalized spacial score (nSPS) is 20.0. The SMILES string of the molecule is CCCCC(c1ccc(Cl)cc1)(C(O)CC)C1CC1. The molecule has 2 unspecified atom stereocenters. The van der Waals surface area contributed by atoms with E-state index in [4.69, 9.17) is 11.6 Å². The highest BCUT2D eigenvalue weighted by molar-refractivity contribution is 6.30. The van der Waals surface area contributed by atoms with Crippen LogP contribution in [0.3, 0.4) is 0 Å². The predicted molar refractivity (Wildman–Crippen MR) is 81.7 cm³/mol. The highest BCUT2D eigenvalue weighted by atomic mass is 35.5. The molecule has 1 aromatic carbocycles. The van der Waals surface area contributed by atoms with Crippen molar-refractivity contribution in [2.24, 2.45) is 5.92 Å². The number of halogens is 1. The van der Waals surface area contributed by atoms with Gasteiger partial charge in [-0.1, -0.05) is 50.4 Å². The molecule has 1 fully saturated rings. The smallest absolute Gasteiger partial charge is 0.0636 e. The van der Waals surface area contributed by atoms with Crippen molar-refractivity contribution in [1.29, 1.82) is 0 Å². The fourth-order valence-corrected chi connectivity index (χ4v) is 3.53. The first-order valence-electron chi connectivity index (χ1n) is 7.59. The highest BCUT2D eigenvalue weighted by Gasteiger charge is 2.49. The van der Waals surface area contributed by atoms with E-state index in [1.54, 1.807) is 0 Å². The van der Waals surface area contributed by atoms with Crippen molar-refractivity contribution in [3.05, 3.63) is 34.9 Å². The number of hydrogen-bond donors (Lipinski definition) is 1. The number of aliphatic hydroxyl groups excluding tert-OH is 1. The van der Waals surface area contributed by atoms with Crippen LogP contribution in [-0.4, -0.2) is 11.2 Å². The van der Waals surface area contributed by atoms with Crippen molar-refractivity contribution >= 4 is 11.6 Å². The number of unbranched alkanes of at least 4 members (excludes halogenated alkanes) is 1. The Morgan fingerprint density at radius 1 is 1.26 bits per heavy atom. The third-order valence-corrected chi connectivity index (χ3v) is 4.86. The highest BCUT2D eigenvalue weighted by Crippen LogP contribution is 2.53. The lowest BCUT2D eigenvalue weighted by Gasteiger charge is -2.39. The summed E-state index contributed by atoms with van der Waals surface area (Å²) in [4.78, 5) is 0. The summed E-state index contributed by atoms with van der Waals surface area (Å²) in [6, 6.07) is 8.16. The van der Waals surface area contributed by atoms with E-state index in [0.29, 0.717) is 5.92 Å². The van der Waals surface area contributed by atoms with Crippen LogP contribution < -0.4 is 0 Å². The number of rotatable bonds is 7. The van der Waals surface area contributed by atoms with Crippen LogP contribution in [0.25, 0.3) is 0 Å². The zero-order chi connectivity index (χ0) is 13.9. The van der Waals surface area contributed by atoms with E-state index in [-0.39, 0.29) is 11.5 Å². The minimum atomic E-state index is -0.243. The minimum Gasteiger partial charge on any atom is -0.392 e. The Bertz CT molecular complexity index is 396. The van der Waals surface area contributed by atoms with Gasteiger partial charge in [0, 0.05) is 10.4 Å². The molecule has 1 aromatic rings. The maximum atomic E-state index is 10.7. The Hall–Kier alpha value is -0.530. The van der Waals surface area contributed by atoms with Crippen molar-refractivity contribution in [2.75, 3.05) is 0 Å². The molecule has 1 nitrogen and oxygen atoms in total. The summed E-state index contributed by atoms with van der Waals surface area (Å²) in [6.45, 7) is 4.31. The van der Waals surface area contributed by atoms with Gasteiger partial charge in [0.15, 0.2) is 0 Å². The maximum absolute atomic E-state index is 10.7. The van der Waals surface area contributed by atoms with Gasteiger partial charge in [0.25, 0.3) is 0 Å². The van der Waals surface area contributed by atoms with E-state index in [0.717, 1.165) is 17.9 Å². The number of benzene rings is 1. The zero-order valence-corrected chi connectivity index (χ0v) is 12.8. The summed E-state index contributed by atoms with van der Waals surface area (Å²) in [5, 5.41) is 11.5. The summed E-state index contributed by atoms with van der Waals surface area (Å²) in [5.74, 6) is 0.648. The molecule has 106 valence electrons. The number of hydrogen-bond acceptors (Lipinski definition) is 1. The van der Waals surface area contributed by atoms with Gasteiger partial charge < -0.3 is 5.11 Å². The van der Waals surface area contributed by atoms with Crippen LogP contribution in [-0.2, 0) is 5.41 Å². The van der Waals surface area contributed by atoms with Crippen LogP contribution in [0.2, 0.25) is 5.02 Å². The van der Waals surface area contributed by atoms with Crippen molar-refractivity contribution in [3.63, 3.8) is 0 Å². The number of aliphatic hydroxyl groups is 1. The van der Waals surface area contributed by atoms with Crippen LogP contribution in [0, 0.1) is 5.92 Å². The van der Waals surface area contributed by atoms with Gasteiger partial charge in [-0.25, -0.2) is 0 Å². The molecule has 1 aliphatic carbocycles. The minimum absolute atomic E-state index is 0.0463. The van der Waals surface area contributed by atoms with E-state index < -0.39 is 0 Å². The molecule has 0 spiro atoms. The molecule has 2 atom stereocenters. The summed E-state index contributed by atoms with van der Waals surface area (Å²) < 4.78 is 0. The quantitative estimate of drug-likeness (QED) is 0.749. The standard InChI is InChI=1S/C17H25ClO/c1-3-5-12-17(13-6-7-13,16(19)4-2)14-8-10-15(18)11-9-14/h8-11,13,16,19H,3-7,12H2,1-2H3. The van der Waals surface area contributed by atoms with E-state index in [2.05, 4.69) is 26.0 Å². The summed E-state index contributed by atoms with van der Waals surface area (Å²) in [5.41, 5.74) is 1.23. The van der Waals surface area contributed by atoms with Crippen molar-refractivity contribution in [1.82, 2.24) is 0 Å². The first kappa shape index (κ1) is 14.9. The molecular weight excluding hydrogens is 256 g/mol. The fourth-order valence-electron chi connectivity index (χ4n) is 3.41.